The van der Waals surface area contributed by atoms with Crippen LogP contribution in [0.15, 0.2) is 0 Å². The second-order valence-electron chi connectivity index (χ2n) is 2.01. The van der Waals surface area contributed by atoms with Gasteiger partial charge in [0.2, 0.25) is 0 Å². The average Bonchev–Trinajstić information content (AvgIpc) is 1.66. The van der Waals surface area contributed by atoms with E-state index in [1.54, 1.807) is 0 Å². The molecular formula is C6H14ClNRu. The van der Waals surface area contributed by atoms with Crippen LogP contribution in [0.4, 0.5) is 0 Å². The van der Waals surface area contributed by atoms with E-state index in [0.717, 1.165) is 6.42 Å². The van der Waals surface area contributed by atoms with E-state index in [2.05, 4.69) is 6.92 Å². The Balaban J connectivity index is 0. The van der Waals surface area contributed by atoms with Crippen molar-refractivity contribution in [3.05, 3.63) is 0 Å². The average molecular weight is 237 g/mol. The van der Waals surface area contributed by atoms with Gasteiger partial charge >= 0.3 is 0 Å². The van der Waals surface area contributed by atoms with Crippen LogP contribution < -0.4 is 5.73 Å². The minimum Gasteiger partial charge on any atom is -0.315 e. The molecule has 0 aromatic heterocycles. The summed E-state index contributed by atoms with van der Waals surface area (Å²) < 4.78 is 0. The molecule has 1 unspecified atom stereocenters. The van der Waals surface area contributed by atoms with E-state index in [0.29, 0.717) is 0 Å². The Morgan fingerprint density at radius 2 is 2.00 bits per heavy atom. The summed E-state index contributed by atoms with van der Waals surface area (Å²) in [5.74, 6) is 0. The van der Waals surface area contributed by atoms with Crippen LogP contribution >= 0.6 is 11.6 Å². The SMILES string of the molecule is CCCCCC(N)Cl.[Ru]. The maximum absolute atomic E-state index is 5.49. The normalized spacial score (nSPS) is 12.3. The van der Waals surface area contributed by atoms with E-state index in [1.165, 1.54) is 19.3 Å². The predicted octanol–water partition coefficient (Wildman–Crippen LogP) is 2.09. The first kappa shape index (κ1) is 12.5. The third-order valence-corrected chi connectivity index (χ3v) is 1.30. The topological polar surface area (TPSA) is 26.0 Å². The third-order valence-electron chi connectivity index (χ3n) is 1.08. The molecule has 1 atom stereocenters. The quantitative estimate of drug-likeness (QED) is 0.344. The molecule has 0 spiro atoms. The Hall–Kier alpha value is 0.873. The molecule has 0 radical (unpaired) electrons. The maximum atomic E-state index is 5.49. The monoisotopic (exact) mass is 237 g/mol. The zero-order valence-electron chi connectivity index (χ0n) is 5.71. The van der Waals surface area contributed by atoms with Gasteiger partial charge in [0.15, 0.2) is 0 Å². The summed E-state index contributed by atoms with van der Waals surface area (Å²) in [4.78, 5) is 0. The molecule has 2 N–H and O–H groups in total. The first-order valence-electron chi connectivity index (χ1n) is 3.17. The van der Waals surface area contributed by atoms with Gasteiger partial charge in [-0.3, -0.25) is 0 Å². The molecule has 9 heavy (non-hydrogen) atoms. The molecule has 0 saturated heterocycles. The van der Waals surface area contributed by atoms with Gasteiger partial charge in [-0.1, -0.05) is 26.2 Å². The zero-order chi connectivity index (χ0) is 6.41. The molecule has 0 bridgehead atoms. The molecule has 0 amide bonds. The second kappa shape index (κ2) is 8.87. The summed E-state index contributed by atoms with van der Waals surface area (Å²) in [7, 11) is 0. The fourth-order valence-electron chi connectivity index (χ4n) is 0.589. The van der Waals surface area contributed by atoms with Crippen molar-refractivity contribution in [3.63, 3.8) is 0 Å². The van der Waals surface area contributed by atoms with E-state index in [9.17, 15) is 0 Å². The van der Waals surface area contributed by atoms with Crippen LogP contribution in [-0.4, -0.2) is 5.50 Å². The largest absolute Gasteiger partial charge is 0.315 e. The Morgan fingerprint density at radius 1 is 1.44 bits per heavy atom. The smallest absolute Gasteiger partial charge is 0.0800 e. The second-order valence-corrected chi connectivity index (χ2v) is 2.57. The van der Waals surface area contributed by atoms with Gasteiger partial charge in [-0.15, -0.1) is 11.6 Å². The van der Waals surface area contributed by atoms with Gasteiger partial charge in [0, 0.05) is 19.5 Å². The summed E-state index contributed by atoms with van der Waals surface area (Å²) in [5.41, 5.74) is 5.18. The van der Waals surface area contributed by atoms with Gasteiger partial charge in [0.05, 0.1) is 5.50 Å². The van der Waals surface area contributed by atoms with Crippen molar-refractivity contribution in [3.8, 4) is 0 Å². The van der Waals surface area contributed by atoms with E-state index >= 15 is 0 Å². The molecule has 0 saturated carbocycles. The molecule has 0 aromatic rings. The van der Waals surface area contributed by atoms with Crippen molar-refractivity contribution in [2.45, 2.75) is 38.1 Å². The molecule has 0 rings (SSSR count). The van der Waals surface area contributed by atoms with Crippen LogP contribution in [0.3, 0.4) is 0 Å². The number of unbranched alkanes of at least 4 members (excludes halogenated alkanes) is 2. The number of hydrogen-bond acceptors (Lipinski definition) is 1. The van der Waals surface area contributed by atoms with Gasteiger partial charge in [0.25, 0.3) is 0 Å². The van der Waals surface area contributed by atoms with Crippen molar-refractivity contribution in [1.82, 2.24) is 0 Å². The molecule has 0 heterocycles. The van der Waals surface area contributed by atoms with Crippen molar-refractivity contribution < 1.29 is 19.5 Å². The number of halogens is 1. The summed E-state index contributed by atoms with van der Waals surface area (Å²) in [6, 6.07) is 0. The van der Waals surface area contributed by atoms with Crippen LogP contribution in [0.5, 0.6) is 0 Å². The molecular weight excluding hydrogens is 223 g/mol. The maximum Gasteiger partial charge on any atom is 0.0800 e. The van der Waals surface area contributed by atoms with Gasteiger partial charge in [-0.2, -0.15) is 0 Å². The van der Waals surface area contributed by atoms with E-state index in [1.807, 2.05) is 0 Å². The molecule has 0 aliphatic carbocycles. The summed E-state index contributed by atoms with van der Waals surface area (Å²) in [5, 5.41) is 0. The van der Waals surface area contributed by atoms with Gasteiger partial charge in [-0.05, 0) is 6.42 Å². The molecule has 0 aromatic carbocycles. The zero-order valence-corrected chi connectivity index (χ0v) is 8.21. The third kappa shape index (κ3) is 12.2. The Morgan fingerprint density at radius 3 is 2.33 bits per heavy atom. The standard InChI is InChI=1S/C6H14ClN.Ru/c1-2-3-4-5-6(7)8;/h6H,2-5,8H2,1H3;. The van der Waals surface area contributed by atoms with E-state index in [-0.39, 0.29) is 25.0 Å². The first-order chi connectivity index (χ1) is 3.77. The molecule has 0 aliphatic rings. The van der Waals surface area contributed by atoms with Gasteiger partial charge in [0.1, 0.15) is 0 Å². The van der Waals surface area contributed by atoms with E-state index in [4.69, 9.17) is 17.3 Å². The number of rotatable bonds is 4. The summed E-state index contributed by atoms with van der Waals surface area (Å²) in [6.45, 7) is 2.17. The Kier molecular flexibility index (Phi) is 12.4. The Labute approximate surface area is 75.1 Å². The molecule has 58 valence electrons. The van der Waals surface area contributed by atoms with E-state index < -0.39 is 0 Å². The minimum atomic E-state index is -0.124. The molecule has 3 heteroatoms. The van der Waals surface area contributed by atoms with Gasteiger partial charge < -0.3 is 5.73 Å². The number of nitrogens with two attached hydrogens (primary N) is 1. The van der Waals surface area contributed by atoms with Gasteiger partial charge in [-0.25, -0.2) is 0 Å². The van der Waals surface area contributed by atoms with Crippen LogP contribution in [0.25, 0.3) is 0 Å². The van der Waals surface area contributed by atoms with Crippen molar-refractivity contribution in [2.24, 2.45) is 5.73 Å². The molecule has 1 nitrogen and oxygen atoms in total. The minimum absolute atomic E-state index is 0. The van der Waals surface area contributed by atoms with Crippen molar-refractivity contribution in [2.75, 3.05) is 0 Å². The molecule has 0 fully saturated rings. The van der Waals surface area contributed by atoms with Crippen LogP contribution in [0, 0.1) is 0 Å². The van der Waals surface area contributed by atoms with Crippen molar-refractivity contribution in [1.29, 1.82) is 0 Å². The first-order valence-corrected chi connectivity index (χ1v) is 3.60. The Bertz CT molecular complexity index is 50.3. The summed E-state index contributed by atoms with van der Waals surface area (Å²) in [6.07, 6.45) is 4.61. The van der Waals surface area contributed by atoms with Crippen molar-refractivity contribution >= 4 is 11.6 Å². The fraction of sp³-hybridized carbons (Fsp3) is 1.00. The fourth-order valence-corrected chi connectivity index (χ4v) is 0.744. The molecule has 0 aliphatic heterocycles. The number of hydrogen-bond donors (Lipinski definition) is 1. The van der Waals surface area contributed by atoms with Crippen LogP contribution in [0.2, 0.25) is 0 Å². The number of alkyl halides is 1. The summed E-state index contributed by atoms with van der Waals surface area (Å²) >= 11 is 5.49. The van der Waals surface area contributed by atoms with Crippen LogP contribution in [0.1, 0.15) is 32.6 Å². The van der Waals surface area contributed by atoms with Crippen LogP contribution in [-0.2, 0) is 19.5 Å². The predicted molar refractivity (Wildman–Crippen MR) is 38.0 cm³/mol.